The smallest absolute Gasteiger partial charge is 0.262 e. The second-order valence-corrected chi connectivity index (χ2v) is 7.98. The first-order valence-electron chi connectivity index (χ1n) is 9.16. The summed E-state index contributed by atoms with van der Waals surface area (Å²) in [4.78, 5) is 31.1. The van der Waals surface area contributed by atoms with Crippen LogP contribution in [0.5, 0.6) is 11.5 Å². The van der Waals surface area contributed by atoms with Crippen LogP contribution in [0.4, 0.5) is 0 Å². The number of hydrogen-bond acceptors (Lipinski definition) is 5. The summed E-state index contributed by atoms with van der Waals surface area (Å²) >= 11 is 1.24. The van der Waals surface area contributed by atoms with Gasteiger partial charge in [-0.2, -0.15) is 0 Å². The molecule has 7 heteroatoms. The maximum atomic E-state index is 13.2. The summed E-state index contributed by atoms with van der Waals surface area (Å²) in [7, 11) is 1.65. The van der Waals surface area contributed by atoms with Crippen molar-refractivity contribution in [1.29, 1.82) is 0 Å². The summed E-state index contributed by atoms with van der Waals surface area (Å²) in [6, 6.07) is 15.0. The molecule has 5 rings (SSSR count). The molecule has 0 fully saturated rings. The van der Waals surface area contributed by atoms with Gasteiger partial charge in [0.05, 0.1) is 22.6 Å². The minimum atomic E-state index is -0.343. The van der Waals surface area contributed by atoms with Crippen LogP contribution in [0, 0.1) is 6.92 Å². The van der Waals surface area contributed by atoms with E-state index in [1.54, 1.807) is 14.0 Å². The Labute approximate surface area is 170 Å². The maximum Gasteiger partial charge on any atom is 0.262 e. The number of para-hydroxylation sites is 2. The van der Waals surface area contributed by atoms with Gasteiger partial charge in [-0.3, -0.25) is 9.59 Å². The molecule has 6 nitrogen and oxygen atoms in total. The SMILES string of the molecule is Cc1c(C(=O)NC2c3ccccc3Oc3ccccc32)sc2ncn(C)c(=O)c12. The molecule has 1 amide bonds. The summed E-state index contributed by atoms with van der Waals surface area (Å²) in [5.41, 5.74) is 2.30. The van der Waals surface area contributed by atoms with Gasteiger partial charge in [0.15, 0.2) is 0 Å². The van der Waals surface area contributed by atoms with Gasteiger partial charge in [-0.15, -0.1) is 11.3 Å². The third-order valence-corrected chi connectivity index (χ3v) is 6.37. The highest BCUT2D eigenvalue weighted by molar-refractivity contribution is 7.20. The van der Waals surface area contributed by atoms with E-state index < -0.39 is 0 Å². The van der Waals surface area contributed by atoms with Gasteiger partial charge in [0.25, 0.3) is 11.5 Å². The van der Waals surface area contributed by atoms with Crippen LogP contribution >= 0.6 is 11.3 Å². The lowest BCUT2D eigenvalue weighted by molar-refractivity contribution is 0.0945. The normalized spacial score (nSPS) is 12.9. The van der Waals surface area contributed by atoms with Gasteiger partial charge in [-0.05, 0) is 24.6 Å². The summed E-state index contributed by atoms with van der Waals surface area (Å²) in [6.07, 6.45) is 1.48. The van der Waals surface area contributed by atoms with Crippen LogP contribution in [-0.2, 0) is 7.05 Å². The van der Waals surface area contributed by atoms with Crippen molar-refractivity contribution in [3.05, 3.63) is 86.8 Å². The zero-order valence-corrected chi connectivity index (χ0v) is 16.6. The molecular weight excluding hydrogens is 386 g/mol. The first kappa shape index (κ1) is 17.6. The molecule has 0 saturated carbocycles. The molecule has 0 radical (unpaired) electrons. The molecule has 2 aromatic carbocycles. The number of aromatic nitrogens is 2. The molecule has 0 spiro atoms. The molecule has 144 valence electrons. The highest BCUT2D eigenvalue weighted by atomic mass is 32.1. The molecule has 0 unspecified atom stereocenters. The zero-order chi connectivity index (χ0) is 20.1. The van der Waals surface area contributed by atoms with E-state index in [9.17, 15) is 9.59 Å². The average molecular weight is 403 g/mol. The Kier molecular flexibility index (Phi) is 3.99. The number of benzene rings is 2. The third-order valence-electron chi connectivity index (χ3n) is 5.17. The number of carbonyl (C=O) groups is 1. The number of amides is 1. The van der Waals surface area contributed by atoms with Crippen molar-refractivity contribution in [2.24, 2.45) is 7.05 Å². The Hall–Kier alpha value is -3.45. The van der Waals surface area contributed by atoms with Crippen LogP contribution in [0.15, 0.2) is 59.7 Å². The van der Waals surface area contributed by atoms with Crippen LogP contribution in [-0.4, -0.2) is 15.5 Å². The Morgan fingerprint density at radius 1 is 1.10 bits per heavy atom. The lowest BCUT2D eigenvalue weighted by Crippen LogP contribution is -2.31. The van der Waals surface area contributed by atoms with E-state index in [1.165, 1.54) is 22.2 Å². The van der Waals surface area contributed by atoms with Crippen molar-refractivity contribution < 1.29 is 9.53 Å². The number of ether oxygens (including phenoxy) is 1. The van der Waals surface area contributed by atoms with E-state index in [4.69, 9.17) is 4.74 Å². The molecule has 1 N–H and O–H groups in total. The van der Waals surface area contributed by atoms with Crippen molar-refractivity contribution in [1.82, 2.24) is 14.9 Å². The molecule has 0 saturated heterocycles. The fourth-order valence-corrected chi connectivity index (χ4v) is 4.73. The zero-order valence-electron chi connectivity index (χ0n) is 15.8. The van der Waals surface area contributed by atoms with Crippen LogP contribution in [0.25, 0.3) is 10.2 Å². The number of aryl methyl sites for hydroxylation is 2. The number of rotatable bonds is 2. The van der Waals surface area contributed by atoms with E-state index in [0.717, 1.165) is 22.6 Å². The first-order valence-corrected chi connectivity index (χ1v) is 9.97. The molecule has 2 aromatic heterocycles. The standard InChI is InChI=1S/C22H17N3O3S/c1-12-17-21(23-11-25(2)22(17)27)29-19(12)20(26)24-18-13-7-3-5-9-15(13)28-16-10-6-4-8-14(16)18/h3-11,18H,1-2H3,(H,24,26). The molecule has 0 bridgehead atoms. The lowest BCUT2D eigenvalue weighted by Gasteiger charge is -2.28. The van der Waals surface area contributed by atoms with Gasteiger partial charge in [0.2, 0.25) is 0 Å². The Balaban J connectivity index is 1.59. The quantitative estimate of drug-likeness (QED) is 0.550. The maximum absolute atomic E-state index is 13.2. The summed E-state index contributed by atoms with van der Waals surface area (Å²) in [6.45, 7) is 1.79. The molecule has 1 aliphatic heterocycles. The molecular formula is C22H17N3O3S. The number of carbonyl (C=O) groups excluding carboxylic acids is 1. The summed E-state index contributed by atoms with van der Waals surface area (Å²) in [5, 5.41) is 3.64. The minimum Gasteiger partial charge on any atom is -0.457 e. The summed E-state index contributed by atoms with van der Waals surface area (Å²) < 4.78 is 7.42. The van der Waals surface area contributed by atoms with Crippen LogP contribution < -0.4 is 15.6 Å². The van der Waals surface area contributed by atoms with Crippen LogP contribution in [0.2, 0.25) is 0 Å². The molecule has 1 aliphatic rings. The number of hydrogen-bond donors (Lipinski definition) is 1. The van der Waals surface area contributed by atoms with Gasteiger partial charge >= 0.3 is 0 Å². The van der Waals surface area contributed by atoms with Crippen molar-refractivity contribution in [2.45, 2.75) is 13.0 Å². The fourth-order valence-electron chi connectivity index (χ4n) is 3.69. The molecule has 29 heavy (non-hydrogen) atoms. The third kappa shape index (κ3) is 2.74. The van der Waals surface area contributed by atoms with E-state index >= 15 is 0 Å². The predicted octanol–water partition coefficient (Wildman–Crippen LogP) is 3.93. The van der Waals surface area contributed by atoms with Gasteiger partial charge in [0.1, 0.15) is 16.3 Å². The Morgan fingerprint density at radius 3 is 2.38 bits per heavy atom. The van der Waals surface area contributed by atoms with Crippen LogP contribution in [0.1, 0.15) is 32.4 Å². The van der Waals surface area contributed by atoms with Gasteiger partial charge < -0.3 is 14.6 Å². The highest BCUT2D eigenvalue weighted by Crippen LogP contribution is 2.42. The Morgan fingerprint density at radius 2 is 1.72 bits per heavy atom. The first-order chi connectivity index (χ1) is 14.0. The van der Waals surface area contributed by atoms with Gasteiger partial charge in [-0.25, -0.2) is 4.98 Å². The van der Waals surface area contributed by atoms with E-state index in [2.05, 4.69) is 10.3 Å². The number of fused-ring (bicyclic) bond motifs is 3. The summed E-state index contributed by atoms with van der Waals surface area (Å²) in [5.74, 6) is 1.21. The van der Waals surface area contributed by atoms with Crippen LogP contribution in [0.3, 0.4) is 0 Å². The van der Waals surface area contributed by atoms with E-state index in [1.807, 2.05) is 48.5 Å². The van der Waals surface area contributed by atoms with Crippen molar-refractivity contribution in [3.8, 4) is 11.5 Å². The second-order valence-electron chi connectivity index (χ2n) is 6.98. The van der Waals surface area contributed by atoms with E-state index in [-0.39, 0.29) is 17.5 Å². The second kappa shape index (κ2) is 6.56. The minimum absolute atomic E-state index is 0.149. The largest absolute Gasteiger partial charge is 0.457 e. The lowest BCUT2D eigenvalue weighted by atomic mass is 9.94. The highest BCUT2D eigenvalue weighted by Gasteiger charge is 2.29. The molecule has 3 heterocycles. The average Bonchev–Trinajstić information content (AvgIpc) is 3.07. The topological polar surface area (TPSA) is 73.2 Å². The van der Waals surface area contributed by atoms with E-state index in [0.29, 0.717) is 20.7 Å². The predicted molar refractivity (Wildman–Crippen MR) is 112 cm³/mol. The van der Waals surface area contributed by atoms with Crippen molar-refractivity contribution in [2.75, 3.05) is 0 Å². The monoisotopic (exact) mass is 403 g/mol. The fraction of sp³-hybridized carbons (Fsp3) is 0.136. The van der Waals surface area contributed by atoms with Crippen molar-refractivity contribution >= 4 is 27.5 Å². The van der Waals surface area contributed by atoms with Gasteiger partial charge in [0, 0.05) is 18.2 Å². The molecule has 0 aliphatic carbocycles. The molecule has 0 atom stereocenters. The number of nitrogens with one attached hydrogen (secondary N) is 1. The number of thiophene rings is 1. The van der Waals surface area contributed by atoms with Crippen molar-refractivity contribution in [3.63, 3.8) is 0 Å². The molecule has 4 aromatic rings. The Bertz CT molecular complexity index is 1290. The number of nitrogens with zero attached hydrogens (tertiary/aromatic N) is 2. The van der Waals surface area contributed by atoms with Gasteiger partial charge in [-0.1, -0.05) is 36.4 Å².